The first-order valence-corrected chi connectivity index (χ1v) is 9.48. The summed E-state index contributed by atoms with van der Waals surface area (Å²) in [7, 11) is 0. The lowest BCUT2D eigenvalue weighted by Gasteiger charge is -2.18. The number of hydrogen-bond acceptors (Lipinski definition) is 7. The number of urea groups is 1. The maximum Gasteiger partial charge on any atom is 0.340 e. The summed E-state index contributed by atoms with van der Waals surface area (Å²) in [4.78, 5) is 42.0. The van der Waals surface area contributed by atoms with Crippen molar-refractivity contribution in [2.45, 2.75) is 36.8 Å². The number of ether oxygens (including phenoxy) is 1. The summed E-state index contributed by atoms with van der Waals surface area (Å²) < 4.78 is 5.26. The zero-order valence-corrected chi connectivity index (χ0v) is 15.3. The van der Waals surface area contributed by atoms with Crippen molar-refractivity contribution in [2.75, 3.05) is 19.3 Å². The highest BCUT2D eigenvalue weighted by molar-refractivity contribution is 7.98. The van der Waals surface area contributed by atoms with Gasteiger partial charge in [0.15, 0.2) is 6.10 Å². The fourth-order valence-electron chi connectivity index (χ4n) is 2.72. The summed E-state index contributed by atoms with van der Waals surface area (Å²) in [6.45, 7) is 2.02. The van der Waals surface area contributed by atoms with Crippen LogP contribution in [0.15, 0.2) is 11.1 Å². The maximum absolute atomic E-state index is 12.6. The summed E-state index contributed by atoms with van der Waals surface area (Å²) in [6, 6.07) is 3.09. The van der Waals surface area contributed by atoms with Crippen molar-refractivity contribution in [2.24, 2.45) is 0 Å². The summed E-state index contributed by atoms with van der Waals surface area (Å²) in [6.07, 6.45) is 2.65. The summed E-state index contributed by atoms with van der Waals surface area (Å²) in [5.74, 6) is -1.05. The Balaban J connectivity index is 1.82. The number of carbonyl (C=O) groups excluding carboxylic acids is 3. The van der Waals surface area contributed by atoms with Gasteiger partial charge in [0.1, 0.15) is 11.1 Å². The Morgan fingerprint density at radius 2 is 2.23 bits per heavy atom. The van der Waals surface area contributed by atoms with Crippen LogP contribution in [-0.2, 0) is 9.53 Å². The minimum Gasteiger partial charge on any atom is -0.449 e. The molecule has 1 aliphatic heterocycles. The molecule has 2 heterocycles. The molecule has 1 aliphatic carbocycles. The highest BCUT2D eigenvalue weighted by Gasteiger charge is 2.33. The largest absolute Gasteiger partial charge is 0.449 e. The molecular weight excluding hydrogens is 356 g/mol. The van der Waals surface area contributed by atoms with Crippen LogP contribution in [0.2, 0.25) is 0 Å². The third kappa shape index (κ3) is 3.51. The van der Waals surface area contributed by atoms with Crippen LogP contribution in [0.3, 0.4) is 0 Å². The number of amides is 3. The van der Waals surface area contributed by atoms with Gasteiger partial charge in [-0.3, -0.25) is 9.69 Å². The van der Waals surface area contributed by atoms with Gasteiger partial charge in [-0.25, -0.2) is 14.6 Å². The van der Waals surface area contributed by atoms with Gasteiger partial charge in [0.2, 0.25) is 0 Å². The van der Waals surface area contributed by atoms with Crippen LogP contribution >= 0.6 is 11.8 Å². The van der Waals surface area contributed by atoms with E-state index in [1.807, 2.05) is 6.07 Å². The monoisotopic (exact) mass is 374 g/mol. The van der Waals surface area contributed by atoms with Gasteiger partial charge in [0.25, 0.3) is 5.91 Å². The van der Waals surface area contributed by atoms with Gasteiger partial charge in [-0.2, -0.15) is 5.26 Å². The number of carbonyl (C=O) groups is 3. The quantitative estimate of drug-likeness (QED) is 0.616. The smallest absolute Gasteiger partial charge is 0.340 e. The molecule has 1 saturated carbocycles. The molecule has 8 nitrogen and oxygen atoms in total. The Kier molecular flexibility index (Phi) is 5.13. The lowest BCUT2D eigenvalue weighted by molar-refractivity contribution is -0.136. The van der Waals surface area contributed by atoms with Crippen molar-refractivity contribution < 1.29 is 19.1 Å². The second-order valence-electron chi connectivity index (χ2n) is 6.13. The standard InChI is InChI=1S/C17H18N4O4S/c1-9(15(22)21-6-5-19-17(21)24)25-16(23)11-7-13(10-3-4-10)20-14(26-2)12(11)8-18/h7,9-10H,3-6H2,1-2H3,(H,19,24)/t9-/m1/s1. The van der Waals surface area contributed by atoms with Crippen molar-refractivity contribution in [3.63, 3.8) is 0 Å². The molecule has 0 bridgehead atoms. The van der Waals surface area contributed by atoms with E-state index in [4.69, 9.17) is 4.74 Å². The molecule has 3 rings (SSSR count). The Bertz CT molecular complexity index is 816. The molecule has 1 saturated heterocycles. The van der Waals surface area contributed by atoms with Crippen LogP contribution < -0.4 is 5.32 Å². The van der Waals surface area contributed by atoms with E-state index in [1.54, 1.807) is 12.3 Å². The number of nitrogens with zero attached hydrogens (tertiary/aromatic N) is 3. The van der Waals surface area contributed by atoms with Crippen LogP contribution in [0.5, 0.6) is 0 Å². The van der Waals surface area contributed by atoms with Crippen molar-refractivity contribution >= 4 is 29.7 Å². The van der Waals surface area contributed by atoms with Gasteiger partial charge >= 0.3 is 12.0 Å². The number of esters is 1. The molecule has 1 aromatic heterocycles. The maximum atomic E-state index is 12.6. The molecule has 9 heteroatoms. The van der Waals surface area contributed by atoms with Crippen molar-refractivity contribution in [1.29, 1.82) is 5.26 Å². The molecule has 26 heavy (non-hydrogen) atoms. The SMILES string of the molecule is CSc1nc(C2CC2)cc(C(=O)O[C@H](C)C(=O)N2CCNC2=O)c1C#N. The highest BCUT2D eigenvalue weighted by atomic mass is 32.2. The van der Waals surface area contributed by atoms with E-state index in [9.17, 15) is 19.6 Å². The van der Waals surface area contributed by atoms with Crippen LogP contribution in [0.25, 0.3) is 0 Å². The van der Waals surface area contributed by atoms with E-state index >= 15 is 0 Å². The molecule has 2 aliphatic rings. The third-order valence-electron chi connectivity index (χ3n) is 4.28. The molecule has 0 unspecified atom stereocenters. The molecule has 3 amide bonds. The molecule has 1 aromatic rings. The lowest BCUT2D eigenvalue weighted by atomic mass is 10.1. The molecule has 0 spiro atoms. The van der Waals surface area contributed by atoms with Gasteiger partial charge < -0.3 is 10.1 Å². The lowest BCUT2D eigenvalue weighted by Crippen LogP contribution is -2.41. The number of nitrogens with one attached hydrogen (secondary N) is 1. The van der Waals surface area contributed by atoms with Gasteiger partial charge in [-0.15, -0.1) is 11.8 Å². The Hall–Kier alpha value is -2.60. The normalized spacial score (nSPS) is 17.4. The minimum absolute atomic E-state index is 0.110. The number of thioether (sulfide) groups is 1. The first-order valence-electron chi connectivity index (χ1n) is 8.25. The van der Waals surface area contributed by atoms with Gasteiger partial charge in [0.05, 0.1) is 11.1 Å². The first-order chi connectivity index (χ1) is 12.5. The van der Waals surface area contributed by atoms with E-state index in [0.717, 1.165) is 23.4 Å². The predicted molar refractivity (Wildman–Crippen MR) is 92.7 cm³/mol. The molecule has 136 valence electrons. The van der Waals surface area contributed by atoms with E-state index in [2.05, 4.69) is 10.3 Å². The average molecular weight is 374 g/mol. The van der Waals surface area contributed by atoms with Gasteiger partial charge in [-0.05, 0) is 32.1 Å². The van der Waals surface area contributed by atoms with Gasteiger partial charge in [-0.1, -0.05) is 0 Å². The summed E-state index contributed by atoms with van der Waals surface area (Å²) in [5, 5.41) is 12.4. The molecule has 1 N–H and O–H groups in total. The zero-order valence-electron chi connectivity index (χ0n) is 14.4. The molecule has 1 atom stereocenters. The Labute approximate surface area is 154 Å². The van der Waals surface area contributed by atoms with Crippen LogP contribution in [0.1, 0.15) is 47.3 Å². The first kappa shape index (κ1) is 18.2. The second kappa shape index (κ2) is 7.33. The fourth-order valence-corrected chi connectivity index (χ4v) is 3.28. The highest BCUT2D eigenvalue weighted by Crippen LogP contribution is 2.40. The summed E-state index contributed by atoms with van der Waals surface area (Å²) >= 11 is 1.29. The number of imide groups is 1. The molecular formula is C17H18N4O4S. The van der Waals surface area contributed by atoms with E-state index in [-0.39, 0.29) is 17.7 Å². The third-order valence-corrected chi connectivity index (χ3v) is 4.96. The van der Waals surface area contributed by atoms with Crippen molar-refractivity contribution in [3.05, 3.63) is 22.9 Å². The number of pyridine rings is 1. The topological polar surface area (TPSA) is 112 Å². The van der Waals surface area contributed by atoms with E-state index in [0.29, 0.717) is 17.5 Å². The van der Waals surface area contributed by atoms with Crippen LogP contribution in [0.4, 0.5) is 4.79 Å². The number of hydrogen-bond donors (Lipinski definition) is 1. The second-order valence-corrected chi connectivity index (χ2v) is 6.93. The van der Waals surface area contributed by atoms with Crippen molar-refractivity contribution in [3.8, 4) is 6.07 Å². The van der Waals surface area contributed by atoms with Crippen LogP contribution in [-0.4, -0.2) is 53.2 Å². The van der Waals surface area contributed by atoms with E-state index in [1.165, 1.54) is 18.7 Å². The Morgan fingerprint density at radius 3 is 2.77 bits per heavy atom. The fraction of sp³-hybridized carbons (Fsp3) is 0.471. The number of nitriles is 1. The molecule has 2 fully saturated rings. The van der Waals surface area contributed by atoms with Crippen molar-refractivity contribution in [1.82, 2.24) is 15.2 Å². The minimum atomic E-state index is -1.13. The Morgan fingerprint density at radius 1 is 1.50 bits per heavy atom. The van der Waals surface area contributed by atoms with Crippen LogP contribution in [0, 0.1) is 11.3 Å². The number of aromatic nitrogens is 1. The average Bonchev–Trinajstić information content (AvgIpc) is 3.40. The summed E-state index contributed by atoms with van der Waals surface area (Å²) in [5.41, 5.74) is 1.02. The van der Waals surface area contributed by atoms with E-state index < -0.39 is 24.0 Å². The predicted octanol–water partition coefficient (Wildman–Crippen LogP) is 1.65. The van der Waals surface area contributed by atoms with Gasteiger partial charge in [0, 0.05) is 24.7 Å². The number of rotatable bonds is 5. The molecule has 0 radical (unpaired) electrons. The zero-order chi connectivity index (χ0) is 18.8. The molecule has 0 aromatic carbocycles.